The molecule has 0 aromatic carbocycles. The predicted octanol–water partition coefficient (Wildman–Crippen LogP) is 2.47. The van der Waals surface area contributed by atoms with E-state index in [1.807, 2.05) is 0 Å². The van der Waals surface area contributed by atoms with Gasteiger partial charge in [-0.05, 0) is 19.3 Å². The van der Waals surface area contributed by atoms with Crippen LogP contribution in [-0.4, -0.2) is 40.5 Å². The number of anilines is 1. The molecule has 21 heavy (non-hydrogen) atoms. The summed E-state index contributed by atoms with van der Waals surface area (Å²) in [7, 11) is 1.68. The summed E-state index contributed by atoms with van der Waals surface area (Å²) in [5.74, 6) is 1.60. The molecule has 1 saturated heterocycles. The first kappa shape index (κ1) is 14.1. The van der Waals surface area contributed by atoms with E-state index in [0.29, 0.717) is 18.2 Å². The van der Waals surface area contributed by atoms with Crippen molar-refractivity contribution in [2.24, 2.45) is 0 Å². The number of likely N-dealkylation sites (N-methyl/N-ethyl adjacent to an activating group) is 1. The Kier molecular flexibility index (Phi) is 3.71. The molecular weight excluding hydrogens is 270 g/mol. The number of aromatic nitrogens is 1. The lowest BCUT2D eigenvalue weighted by atomic mass is 10.1. The third kappa shape index (κ3) is 2.33. The highest BCUT2D eigenvalue weighted by Crippen LogP contribution is 2.36. The van der Waals surface area contributed by atoms with Gasteiger partial charge in [0.05, 0.1) is 6.04 Å². The maximum absolute atomic E-state index is 12.3. The molecule has 2 atom stereocenters. The molecule has 1 saturated carbocycles. The quantitative estimate of drug-likeness (QED) is 0.865. The molecule has 114 valence electrons. The Bertz CT molecular complexity index is 536. The van der Waals surface area contributed by atoms with Gasteiger partial charge in [-0.15, -0.1) is 6.58 Å². The fourth-order valence-electron chi connectivity index (χ4n) is 3.28. The summed E-state index contributed by atoms with van der Waals surface area (Å²) in [5, 5.41) is 14.4. The molecule has 2 aliphatic rings. The van der Waals surface area contributed by atoms with Crippen molar-refractivity contribution in [3.63, 3.8) is 0 Å². The van der Waals surface area contributed by atoms with Crippen LogP contribution in [0.15, 0.2) is 23.2 Å². The van der Waals surface area contributed by atoms with Gasteiger partial charge in [0.15, 0.2) is 12.0 Å². The van der Waals surface area contributed by atoms with E-state index in [1.165, 1.54) is 22.6 Å². The van der Waals surface area contributed by atoms with E-state index in [9.17, 15) is 9.90 Å². The third-order valence-corrected chi connectivity index (χ3v) is 4.54. The maximum Gasteiger partial charge on any atom is 0.328 e. The van der Waals surface area contributed by atoms with Gasteiger partial charge in [0.2, 0.25) is 0 Å². The largest absolute Gasteiger partial charge is 0.371 e. The van der Waals surface area contributed by atoms with Crippen molar-refractivity contribution in [2.75, 3.05) is 11.9 Å². The molecule has 1 aliphatic carbocycles. The van der Waals surface area contributed by atoms with Crippen LogP contribution in [0.4, 0.5) is 10.6 Å². The van der Waals surface area contributed by atoms with Crippen LogP contribution in [0.1, 0.15) is 43.8 Å². The minimum atomic E-state index is -0.929. The number of nitrogens with zero attached hydrogens (tertiary/aromatic N) is 3. The third-order valence-electron chi connectivity index (χ3n) is 4.54. The molecule has 6 nitrogen and oxygen atoms in total. The minimum Gasteiger partial charge on any atom is -0.371 e. The van der Waals surface area contributed by atoms with Crippen molar-refractivity contribution in [3.8, 4) is 0 Å². The maximum atomic E-state index is 12.3. The van der Waals surface area contributed by atoms with Crippen molar-refractivity contribution in [1.29, 1.82) is 0 Å². The van der Waals surface area contributed by atoms with Gasteiger partial charge in [-0.3, -0.25) is 0 Å². The Labute approximate surface area is 124 Å². The highest BCUT2D eigenvalue weighted by atomic mass is 16.5. The number of urea groups is 1. The van der Waals surface area contributed by atoms with Crippen molar-refractivity contribution < 1.29 is 14.4 Å². The average molecular weight is 291 g/mol. The van der Waals surface area contributed by atoms with Gasteiger partial charge in [-0.1, -0.05) is 24.1 Å². The summed E-state index contributed by atoms with van der Waals surface area (Å²) in [6.07, 6.45) is 5.92. The summed E-state index contributed by atoms with van der Waals surface area (Å²) < 4.78 is 5.39. The zero-order valence-corrected chi connectivity index (χ0v) is 12.2. The van der Waals surface area contributed by atoms with Crippen LogP contribution in [0, 0.1) is 0 Å². The van der Waals surface area contributed by atoms with Gasteiger partial charge in [-0.25, -0.2) is 9.69 Å². The lowest BCUT2D eigenvalue weighted by molar-refractivity contribution is 0.129. The Hall–Kier alpha value is -1.82. The second kappa shape index (κ2) is 5.52. The first-order valence-corrected chi connectivity index (χ1v) is 7.45. The van der Waals surface area contributed by atoms with E-state index in [2.05, 4.69) is 11.7 Å². The molecule has 1 aromatic heterocycles. The van der Waals surface area contributed by atoms with Crippen LogP contribution >= 0.6 is 0 Å². The van der Waals surface area contributed by atoms with Gasteiger partial charge >= 0.3 is 6.03 Å². The topological polar surface area (TPSA) is 69.8 Å². The molecule has 0 bridgehead atoms. The highest BCUT2D eigenvalue weighted by Gasteiger charge is 2.44. The molecule has 6 heteroatoms. The van der Waals surface area contributed by atoms with Crippen molar-refractivity contribution >= 4 is 11.8 Å². The van der Waals surface area contributed by atoms with Gasteiger partial charge in [0.25, 0.3) is 0 Å². The SMILES string of the molecule is C=CCC1C(O)N(c2cc(C3CCCC3)on2)C(=O)N1C. The second-order valence-electron chi connectivity index (χ2n) is 5.84. The molecule has 0 radical (unpaired) electrons. The van der Waals surface area contributed by atoms with Crippen molar-refractivity contribution in [1.82, 2.24) is 10.1 Å². The number of rotatable bonds is 4. The number of hydrogen-bond acceptors (Lipinski definition) is 4. The molecule has 2 heterocycles. The molecule has 2 fully saturated rings. The Morgan fingerprint density at radius 3 is 2.90 bits per heavy atom. The Balaban J connectivity index is 1.82. The first-order valence-electron chi connectivity index (χ1n) is 7.45. The number of aliphatic hydroxyl groups excluding tert-OH is 1. The molecule has 3 rings (SSSR count). The fraction of sp³-hybridized carbons (Fsp3) is 0.600. The highest BCUT2D eigenvalue weighted by molar-refractivity contribution is 5.94. The fourth-order valence-corrected chi connectivity index (χ4v) is 3.28. The minimum absolute atomic E-state index is 0.263. The molecule has 1 aliphatic heterocycles. The van der Waals surface area contributed by atoms with Crippen molar-refractivity contribution in [3.05, 3.63) is 24.5 Å². The summed E-state index contributed by atoms with van der Waals surface area (Å²) in [6.45, 7) is 3.67. The number of aliphatic hydroxyl groups is 1. The monoisotopic (exact) mass is 291 g/mol. The van der Waals surface area contributed by atoms with Crippen LogP contribution in [0.3, 0.4) is 0 Å². The number of hydrogen-bond donors (Lipinski definition) is 1. The van der Waals surface area contributed by atoms with Gasteiger partial charge < -0.3 is 14.5 Å². The lowest BCUT2D eigenvalue weighted by Gasteiger charge is -2.19. The molecule has 1 N–H and O–H groups in total. The van der Waals surface area contributed by atoms with E-state index in [-0.39, 0.29) is 12.1 Å². The number of amides is 2. The smallest absolute Gasteiger partial charge is 0.328 e. The zero-order chi connectivity index (χ0) is 15.0. The van der Waals surface area contributed by atoms with E-state index in [4.69, 9.17) is 4.52 Å². The normalized spacial score (nSPS) is 26.9. The molecule has 2 amide bonds. The Morgan fingerprint density at radius 1 is 1.52 bits per heavy atom. The summed E-state index contributed by atoms with van der Waals surface area (Å²) in [6, 6.07) is 1.23. The zero-order valence-electron chi connectivity index (χ0n) is 12.2. The molecule has 2 unspecified atom stereocenters. The van der Waals surface area contributed by atoms with E-state index < -0.39 is 6.23 Å². The average Bonchev–Trinajstić information content (AvgIpc) is 3.17. The number of carbonyl (C=O) groups excluding carboxylic acids is 1. The Morgan fingerprint density at radius 2 is 2.24 bits per heavy atom. The van der Waals surface area contributed by atoms with Crippen LogP contribution in [0.5, 0.6) is 0 Å². The lowest BCUT2D eigenvalue weighted by Crippen LogP contribution is -2.36. The summed E-state index contributed by atoms with van der Waals surface area (Å²) in [4.78, 5) is 15.1. The molecule has 0 spiro atoms. The van der Waals surface area contributed by atoms with Gasteiger partial charge in [0.1, 0.15) is 5.76 Å². The molecule has 1 aromatic rings. The molecular formula is C15H21N3O3. The van der Waals surface area contributed by atoms with Crippen molar-refractivity contribution in [2.45, 2.75) is 50.3 Å². The van der Waals surface area contributed by atoms with E-state index in [0.717, 1.165) is 18.6 Å². The summed E-state index contributed by atoms with van der Waals surface area (Å²) >= 11 is 0. The second-order valence-corrected chi connectivity index (χ2v) is 5.84. The standard InChI is InChI=1S/C15H21N3O3/c1-3-6-11-14(19)18(15(20)17(11)2)13-9-12(21-16-13)10-7-4-5-8-10/h3,9-11,14,19H,1,4-8H2,2H3. The van der Waals surface area contributed by atoms with Crippen LogP contribution in [-0.2, 0) is 0 Å². The van der Waals surface area contributed by atoms with Crippen LogP contribution in [0.2, 0.25) is 0 Å². The van der Waals surface area contributed by atoms with E-state index >= 15 is 0 Å². The predicted molar refractivity (Wildman–Crippen MR) is 78.0 cm³/mol. The number of carbonyl (C=O) groups is 1. The van der Waals surface area contributed by atoms with E-state index in [1.54, 1.807) is 19.2 Å². The van der Waals surface area contributed by atoms with Gasteiger partial charge in [0, 0.05) is 19.0 Å². The van der Waals surface area contributed by atoms with Gasteiger partial charge in [-0.2, -0.15) is 0 Å². The summed E-state index contributed by atoms with van der Waals surface area (Å²) in [5.41, 5.74) is 0. The van der Waals surface area contributed by atoms with Crippen LogP contribution < -0.4 is 4.90 Å². The first-order chi connectivity index (χ1) is 10.1. The van der Waals surface area contributed by atoms with Crippen LogP contribution in [0.25, 0.3) is 0 Å².